The summed E-state index contributed by atoms with van der Waals surface area (Å²) < 4.78 is 5.35. The van der Waals surface area contributed by atoms with E-state index in [1.807, 2.05) is 37.2 Å². The van der Waals surface area contributed by atoms with Crippen molar-refractivity contribution in [2.24, 2.45) is 5.10 Å². The highest BCUT2D eigenvalue weighted by Crippen LogP contribution is 2.25. The summed E-state index contributed by atoms with van der Waals surface area (Å²) in [5, 5.41) is 10.8. The van der Waals surface area contributed by atoms with Gasteiger partial charge < -0.3 is 10.6 Å². The van der Waals surface area contributed by atoms with Gasteiger partial charge in [-0.25, -0.2) is 10.1 Å². The average molecular weight is 367 g/mol. The molecule has 0 unspecified atom stereocenters. The number of carbonyl (C=O) groups excluding carboxylic acids is 1. The van der Waals surface area contributed by atoms with Gasteiger partial charge in [-0.15, -0.1) is 0 Å². The molecule has 9 heteroatoms. The topological polar surface area (TPSA) is 110 Å². The molecule has 0 fully saturated rings. The van der Waals surface area contributed by atoms with Crippen LogP contribution in [0, 0.1) is 0 Å². The van der Waals surface area contributed by atoms with E-state index in [9.17, 15) is 4.79 Å². The molecule has 22 heavy (non-hydrogen) atoms. The van der Waals surface area contributed by atoms with Gasteiger partial charge in [0.15, 0.2) is 5.82 Å². The fourth-order valence-corrected chi connectivity index (χ4v) is 2.42. The van der Waals surface area contributed by atoms with Crippen LogP contribution in [0.5, 0.6) is 0 Å². The van der Waals surface area contributed by atoms with E-state index in [4.69, 9.17) is 5.73 Å². The number of hydrogen-bond donors (Lipinski definition) is 2. The SMILES string of the molecule is CN(C)c1ccc(C=NNC(=O)Cc2nonc2N)cc1Br. The Morgan fingerprint density at radius 1 is 1.50 bits per heavy atom. The second-order valence-electron chi connectivity index (χ2n) is 4.67. The Bertz CT molecular complexity index is 698. The van der Waals surface area contributed by atoms with Gasteiger partial charge in [-0.3, -0.25) is 4.79 Å². The monoisotopic (exact) mass is 366 g/mol. The molecule has 1 aromatic carbocycles. The molecule has 0 aliphatic rings. The lowest BCUT2D eigenvalue weighted by Gasteiger charge is -2.14. The second-order valence-corrected chi connectivity index (χ2v) is 5.53. The Balaban J connectivity index is 1.93. The van der Waals surface area contributed by atoms with Gasteiger partial charge in [0.25, 0.3) is 0 Å². The van der Waals surface area contributed by atoms with Crippen molar-refractivity contribution in [1.82, 2.24) is 15.7 Å². The van der Waals surface area contributed by atoms with Crippen LogP contribution in [0.15, 0.2) is 32.4 Å². The predicted molar refractivity (Wildman–Crippen MR) is 86.6 cm³/mol. The summed E-state index contributed by atoms with van der Waals surface area (Å²) in [7, 11) is 3.91. The number of aromatic nitrogens is 2. The summed E-state index contributed by atoms with van der Waals surface area (Å²) in [6.07, 6.45) is 1.50. The van der Waals surface area contributed by atoms with E-state index in [2.05, 4.69) is 41.4 Å². The van der Waals surface area contributed by atoms with E-state index >= 15 is 0 Å². The largest absolute Gasteiger partial charge is 0.379 e. The number of rotatable bonds is 5. The highest BCUT2D eigenvalue weighted by atomic mass is 79.9. The van der Waals surface area contributed by atoms with E-state index < -0.39 is 0 Å². The number of benzene rings is 1. The molecule has 8 nitrogen and oxygen atoms in total. The maximum Gasteiger partial charge on any atom is 0.246 e. The van der Waals surface area contributed by atoms with Crippen molar-refractivity contribution in [2.75, 3.05) is 24.7 Å². The first-order valence-corrected chi connectivity index (χ1v) is 7.12. The first-order valence-electron chi connectivity index (χ1n) is 6.33. The van der Waals surface area contributed by atoms with Crippen LogP contribution in [0.1, 0.15) is 11.3 Å². The number of hydrazone groups is 1. The highest BCUT2D eigenvalue weighted by Gasteiger charge is 2.10. The van der Waals surface area contributed by atoms with Crippen molar-refractivity contribution in [1.29, 1.82) is 0 Å². The normalized spacial score (nSPS) is 10.9. The molecule has 0 atom stereocenters. The van der Waals surface area contributed by atoms with E-state index in [1.54, 1.807) is 6.21 Å². The zero-order valence-corrected chi connectivity index (χ0v) is 13.7. The van der Waals surface area contributed by atoms with Crippen LogP contribution in [0.3, 0.4) is 0 Å². The molecule has 1 amide bonds. The van der Waals surface area contributed by atoms with Crippen LogP contribution in [-0.4, -0.2) is 36.5 Å². The number of halogens is 1. The zero-order chi connectivity index (χ0) is 16.1. The molecule has 3 N–H and O–H groups in total. The average Bonchev–Trinajstić information content (AvgIpc) is 2.84. The van der Waals surface area contributed by atoms with E-state index in [0.717, 1.165) is 15.7 Å². The van der Waals surface area contributed by atoms with Crippen molar-refractivity contribution in [3.05, 3.63) is 33.9 Å². The number of hydrogen-bond acceptors (Lipinski definition) is 7. The van der Waals surface area contributed by atoms with Gasteiger partial charge in [0, 0.05) is 18.6 Å². The molecule has 2 aromatic rings. The summed E-state index contributed by atoms with van der Waals surface area (Å²) in [4.78, 5) is 13.6. The van der Waals surface area contributed by atoms with Gasteiger partial charge >= 0.3 is 0 Å². The third kappa shape index (κ3) is 4.04. The van der Waals surface area contributed by atoms with Crippen molar-refractivity contribution in [2.45, 2.75) is 6.42 Å². The lowest BCUT2D eigenvalue weighted by atomic mass is 10.2. The zero-order valence-electron chi connectivity index (χ0n) is 12.1. The van der Waals surface area contributed by atoms with Crippen LogP contribution >= 0.6 is 15.9 Å². The molecule has 0 saturated carbocycles. The number of carbonyl (C=O) groups is 1. The number of nitrogens with zero attached hydrogens (tertiary/aromatic N) is 4. The second kappa shape index (κ2) is 7.03. The molecule has 1 heterocycles. The van der Waals surface area contributed by atoms with E-state index in [1.165, 1.54) is 0 Å². The molecule has 0 saturated heterocycles. The molecule has 2 rings (SSSR count). The third-order valence-corrected chi connectivity index (χ3v) is 3.41. The first kappa shape index (κ1) is 16.0. The summed E-state index contributed by atoms with van der Waals surface area (Å²) >= 11 is 3.49. The summed E-state index contributed by atoms with van der Waals surface area (Å²) in [5.41, 5.74) is 10.0. The van der Waals surface area contributed by atoms with Gasteiger partial charge in [0.05, 0.1) is 18.3 Å². The Labute approximate surface area is 135 Å². The molecular weight excluding hydrogens is 352 g/mol. The van der Waals surface area contributed by atoms with Crippen LogP contribution in [0.2, 0.25) is 0 Å². The quantitative estimate of drug-likeness (QED) is 0.607. The van der Waals surface area contributed by atoms with Crippen LogP contribution in [0.25, 0.3) is 0 Å². The van der Waals surface area contributed by atoms with Gasteiger partial charge in [0.2, 0.25) is 5.91 Å². The van der Waals surface area contributed by atoms with Crippen LogP contribution in [-0.2, 0) is 11.2 Å². The Morgan fingerprint density at radius 3 is 2.86 bits per heavy atom. The number of anilines is 2. The van der Waals surface area contributed by atoms with Crippen LogP contribution < -0.4 is 16.1 Å². The van der Waals surface area contributed by atoms with Crippen molar-refractivity contribution >= 4 is 39.6 Å². The molecular formula is C13H15BrN6O2. The van der Waals surface area contributed by atoms with Crippen molar-refractivity contribution in [3.8, 4) is 0 Å². The molecule has 0 spiro atoms. The van der Waals surface area contributed by atoms with Gasteiger partial charge in [-0.05, 0) is 38.8 Å². The Kier molecular flexibility index (Phi) is 5.10. The lowest BCUT2D eigenvalue weighted by molar-refractivity contribution is -0.120. The molecule has 0 aliphatic heterocycles. The molecule has 0 aliphatic carbocycles. The van der Waals surface area contributed by atoms with Crippen molar-refractivity contribution in [3.63, 3.8) is 0 Å². The Morgan fingerprint density at radius 2 is 2.27 bits per heavy atom. The number of nitrogens with two attached hydrogens (primary N) is 1. The summed E-state index contributed by atoms with van der Waals surface area (Å²) in [6, 6.07) is 5.76. The van der Waals surface area contributed by atoms with Gasteiger partial charge in [-0.2, -0.15) is 5.10 Å². The smallest absolute Gasteiger partial charge is 0.246 e. The minimum absolute atomic E-state index is 0.0457. The highest BCUT2D eigenvalue weighted by molar-refractivity contribution is 9.10. The van der Waals surface area contributed by atoms with Gasteiger partial charge in [-0.1, -0.05) is 11.2 Å². The lowest BCUT2D eigenvalue weighted by Crippen LogP contribution is -2.20. The van der Waals surface area contributed by atoms with E-state index in [0.29, 0.717) is 0 Å². The molecule has 1 aromatic heterocycles. The molecule has 116 valence electrons. The number of amides is 1. The Hall–Kier alpha value is -2.42. The predicted octanol–water partition coefficient (Wildman–Crippen LogP) is 1.17. The van der Waals surface area contributed by atoms with E-state index in [-0.39, 0.29) is 23.8 Å². The summed E-state index contributed by atoms with van der Waals surface area (Å²) in [6.45, 7) is 0. The first-order chi connectivity index (χ1) is 10.5. The number of nitrogens with one attached hydrogen (secondary N) is 1. The fraction of sp³-hybridized carbons (Fsp3) is 0.231. The summed E-state index contributed by atoms with van der Waals surface area (Å²) in [5.74, 6) is -0.259. The standard InChI is InChI=1S/C13H15BrN6O2/c1-20(2)11-4-3-8(5-9(11)14)7-16-17-12(21)6-10-13(15)19-22-18-10/h3-5,7H,6H2,1-2H3,(H2,15,19)(H,17,21). The maximum atomic E-state index is 11.7. The van der Waals surface area contributed by atoms with Crippen LogP contribution in [0.4, 0.5) is 11.5 Å². The molecule has 0 bridgehead atoms. The minimum Gasteiger partial charge on any atom is -0.379 e. The fourth-order valence-electron chi connectivity index (χ4n) is 1.67. The molecule has 0 radical (unpaired) electrons. The maximum absolute atomic E-state index is 11.7. The minimum atomic E-state index is -0.359. The van der Waals surface area contributed by atoms with Crippen molar-refractivity contribution < 1.29 is 9.42 Å². The third-order valence-electron chi connectivity index (χ3n) is 2.77. The number of nitrogen functional groups attached to an aromatic ring is 1. The van der Waals surface area contributed by atoms with Gasteiger partial charge in [0.1, 0.15) is 5.69 Å².